The predicted octanol–water partition coefficient (Wildman–Crippen LogP) is 1.03. The fourth-order valence-corrected chi connectivity index (χ4v) is 1.88. The molecular formula is C11H20N4O2S. The summed E-state index contributed by atoms with van der Waals surface area (Å²) in [6.07, 6.45) is 2.29. The van der Waals surface area contributed by atoms with Crippen LogP contribution in [-0.2, 0) is 10.8 Å². The molecule has 7 heteroatoms. The quantitative estimate of drug-likeness (QED) is 0.734. The average molecular weight is 272 g/mol. The molecule has 0 aliphatic heterocycles. The zero-order valence-corrected chi connectivity index (χ0v) is 11.6. The Bertz CT molecular complexity index is 401. The summed E-state index contributed by atoms with van der Waals surface area (Å²) in [6.45, 7) is 5.04. The highest BCUT2D eigenvalue weighted by molar-refractivity contribution is 7.84. The third-order valence-electron chi connectivity index (χ3n) is 2.23. The molecule has 0 saturated heterocycles. The van der Waals surface area contributed by atoms with Crippen molar-refractivity contribution in [2.75, 3.05) is 35.7 Å². The number of anilines is 2. The van der Waals surface area contributed by atoms with Gasteiger partial charge in [-0.1, -0.05) is 13.8 Å². The van der Waals surface area contributed by atoms with Crippen molar-refractivity contribution >= 4 is 22.3 Å². The van der Waals surface area contributed by atoms with Gasteiger partial charge in [-0.15, -0.1) is 0 Å². The van der Waals surface area contributed by atoms with E-state index in [1.165, 1.54) is 6.33 Å². The Labute approximate surface area is 110 Å². The summed E-state index contributed by atoms with van der Waals surface area (Å²) in [4.78, 5) is 8.02. The van der Waals surface area contributed by atoms with Crippen molar-refractivity contribution in [2.24, 2.45) is 0 Å². The van der Waals surface area contributed by atoms with Gasteiger partial charge in [-0.2, -0.15) is 4.98 Å². The van der Waals surface area contributed by atoms with Crippen LogP contribution in [0.2, 0.25) is 0 Å². The number of rotatable bonds is 8. The van der Waals surface area contributed by atoms with E-state index < -0.39 is 10.8 Å². The summed E-state index contributed by atoms with van der Waals surface area (Å²) in [6, 6.07) is 0. The van der Waals surface area contributed by atoms with Gasteiger partial charge in [-0.3, -0.25) is 4.21 Å². The van der Waals surface area contributed by atoms with Gasteiger partial charge in [0.25, 0.3) is 0 Å². The molecule has 1 unspecified atom stereocenters. The van der Waals surface area contributed by atoms with Crippen LogP contribution in [0.15, 0.2) is 6.33 Å². The molecule has 0 aliphatic carbocycles. The monoisotopic (exact) mass is 272 g/mol. The number of nitrogens with zero attached hydrogens (tertiary/aromatic N) is 2. The number of hydrogen-bond donors (Lipinski definition) is 2. The topological polar surface area (TPSA) is 90.1 Å². The molecule has 0 aliphatic rings. The first-order valence-corrected chi connectivity index (χ1v) is 7.49. The average Bonchev–Trinajstić information content (AvgIpc) is 2.39. The summed E-state index contributed by atoms with van der Waals surface area (Å²) in [7, 11) is -0.795. The van der Waals surface area contributed by atoms with Crippen LogP contribution in [0.5, 0.6) is 5.88 Å². The first-order chi connectivity index (χ1) is 8.69. The van der Waals surface area contributed by atoms with E-state index in [1.54, 1.807) is 0 Å². The number of aromatic nitrogens is 2. The molecule has 1 aromatic rings. The van der Waals surface area contributed by atoms with Crippen molar-refractivity contribution in [3.63, 3.8) is 0 Å². The second kappa shape index (κ2) is 7.86. The lowest BCUT2D eigenvalue weighted by molar-refractivity contribution is 0.307. The Hall–Kier alpha value is -1.37. The Balaban J connectivity index is 2.57. The Kier molecular flexibility index (Phi) is 6.42. The van der Waals surface area contributed by atoms with Gasteiger partial charge < -0.3 is 15.8 Å². The van der Waals surface area contributed by atoms with E-state index in [1.807, 2.05) is 13.8 Å². The van der Waals surface area contributed by atoms with E-state index in [0.717, 1.165) is 6.42 Å². The van der Waals surface area contributed by atoms with Crippen LogP contribution in [0.25, 0.3) is 0 Å². The summed E-state index contributed by atoms with van der Waals surface area (Å²) in [5.41, 5.74) is 6.28. The summed E-state index contributed by atoms with van der Waals surface area (Å²) >= 11 is 0. The van der Waals surface area contributed by atoms with Crippen LogP contribution in [-0.4, -0.2) is 38.8 Å². The van der Waals surface area contributed by atoms with Gasteiger partial charge in [0, 0.05) is 28.9 Å². The molecule has 0 aromatic carbocycles. The fourth-order valence-electron chi connectivity index (χ4n) is 1.26. The Morgan fingerprint density at radius 1 is 1.44 bits per heavy atom. The molecular weight excluding hydrogens is 252 g/mol. The first kappa shape index (κ1) is 14.7. The summed E-state index contributed by atoms with van der Waals surface area (Å²) in [5, 5.41) is 3.05. The molecule has 18 heavy (non-hydrogen) atoms. The van der Waals surface area contributed by atoms with Gasteiger partial charge >= 0.3 is 0 Å². The standard InChI is InChI=1S/C11H20N4O2S/c1-3-6-17-11-9(12)10(14-8-15-11)13-5-7-18(16)4-2/h8H,3-7,12H2,1-2H3,(H,13,14,15). The maximum Gasteiger partial charge on any atom is 0.242 e. The zero-order chi connectivity index (χ0) is 13.4. The molecule has 3 N–H and O–H groups in total. The van der Waals surface area contributed by atoms with Gasteiger partial charge in [-0.05, 0) is 6.42 Å². The molecule has 0 radical (unpaired) electrons. The highest BCUT2D eigenvalue weighted by Crippen LogP contribution is 2.24. The molecule has 1 heterocycles. The van der Waals surface area contributed by atoms with Crippen LogP contribution in [0, 0.1) is 0 Å². The SMILES string of the molecule is CCCOc1ncnc(NCCS(=O)CC)c1N. The van der Waals surface area contributed by atoms with Gasteiger partial charge in [0.1, 0.15) is 12.0 Å². The molecule has 0 amide bonds. The summed E-state index contributed by atoms with van der Waals surface area (Å²) in [5.74, 6) is 2.16. The lowest BCUT2D eigenvalue weighted by Gasteiger charge is -2.11. The maximum absolute atomic E-state index is 11.3. The third-order valence-corrected chi connectivity index (χ3v) is 3.54. The number of hydrogen-bond acceptors (Lipinski definition) is 6. The van der Waals surface area contributed by atoms with Crippen LogP contribution >= 0.6 is 0 Å². The van der Waals surface area contributed by atoms with Crippen LogP contribution in [0.4, 0.5) is 11.5 Å². The second-order valence-electron chi connectivity index (χ2n) is 3.65. The maximum atomic E-state index is 11.3. The minimum Gasteiger partial charge on any atom is -0.476 e. The molecule has 0 saturated carbocycles. The Morgan fingerprint density at radius 2 is 2.22 bits per heavy atom. The number of nitrogens with one attached hydrogen (secondary N) is 1. The number of ether oxygens (including phenoxy) is 1. The largest absolute Gasteiger partial charge is 0.476 e. The van der Waals surface area contributed by atoms with E-state index in [-0.39, 0.29) is 0 Å². The molecule has 0 fully saturated rings. The van der Waals surface area contributed by atoms with Crippen molar-refractivity contribution in [3.05, 3.63) is 6.33 Å². The van der Waals surface area contributed by atoms with Crippen LogP contribution in [0.3, 0.4) is 0 Å². The molecule has 102 valence electrons. The normalized spacial score (nSPS) is 12.1. The van der Waals surface area contributed by atoms with E-state index in [0.29, 0.717) is 42.0 Å². The minimum atomic E-state index is -0.795. The zero-order valence-electron chi connectivity index (χ0n) is 10.8. The molecule has 1 atom stereocenters. The van der Waals surface area contributed by atoms with E-state index in [2.05, 4.69) is 15.3 Å². The van der Waals surface area contributed by atoms with Crippen molar-refractivity contribution in [2.45, 2.75) is 20.3 Å². The smallest absolute Gasteiger partial charge is 0.242 e. The molecule has 0 bridgehead atoms. The van der Waals surface area contributed by atoms with E-state index in [9.17, 15) is 4.21 Å². The Morgan fingerprint density at radius 3 is 2.89 bits per heavy atom. The van der Waals surface area contributed by atoms with Gasteiger partial charge in [0.2, 0.25) is 5.88 Å². The number of nitrogens with two attached hydrogens (primary N) is 1. The number of nitrogen functional groups attached to an aromatic ring is 1. The molecule has 1 rings (SSSR count). The van der Waals surface area contributed by atoms with E-state index >= 15 is 0 Å². The fraction of sp³-hybridized carbons (Fsp3) is 0.636. The first-order valence-electron chi connectivity index (χ1n) is 6.01. The van der Waals surface area contributed by atoms with Crippen molar-refractivity contribution < 1.29 is 8.95 Å². The van der Waals surface area contributed by atoms with Gasteiger partial charge in [0.05, 0.1) is 6.61 Å². The van der Waals surface area contributed by atoms with Gasteiger partial charge in [-0.25, -0.2) is 4.98 Å². The molecule has 6 nitrogen and oxygen atoms in total. The van der Waals surface area contributed by atoms with Crippen molar-refractivity contribution in [1.29, 1.82) is 0 Å². The third kappa shape index (κ3) is 4.48. The second-order valence-corrected chi connectivity index (χ2v) is 5.51. The highest BCUT2D eigenvalue weighted by atomic mass is 32.2. The summed E-state index contributed by atoms with van der Waals surface area (Å²) < 4.78 is 16.7. The van der Waals surface area contributed by atoms with Crippen molar-refractivity contribution in [1.82, 2.24) is 9.97 Å². The lowest BCUT2D eigenvalue weighted by atomic mass is 10.4. The van der Waals surface area contributed by atoms with Crippen molar-refractivity contribution in [3.8, 4) is 5.88 Å². The molecule has 0 spiro atoms. The van der Waals surface area contributed by atoms with E-state index in [4.69, 9.17) is 10.5 Å². The molecule has 1 aromatic heterocycles. The van der Waals surface area contributed by atoms with Crippen LogP contribution in [0.1, 0.15) is 20.3 Å². The predicted molar refractivity (Wildman–Crippen MR) is 74.3 cm³/mol. The highest BCUT2D eigenvalue weighted by Gasteiger charge is 2.08. The minimum absolute atomic E-state index is 0.394. The van der Waals surface area contributed by atoms with Gasteiger partial charge in [0.15, 0.2) is 5.82 Å². The lowest BCUT2D eigenvalue weighted by Crippen LogP contribution is -2.14. The van der Waals surface area contributed by atoms with Crippen LogP contribution < -0.4 is 15.8 Å².